The lowest BCUT2D eigenvalue weighted by Gasteiger charge is -2.13. The van der Waals surface area contributed by atoms with Crippen molar-refractivity contribution >= 4 is 21.5 Å². The lowest BCUT2D eigenvalue weighted by Crippen LogP contribution is -2.36. The summed E-state index contributed by atoms with van der Waals surface area (Å²) in [6, 6.07) is 11.5. The number of hydrogen-bond donors (Lipinski definition) is 2. The normalized spacial score (nSPS) is 11.9. The van der Waals surface area contributed by atoms with Crippen LogP contribution in [0, 0.1) is 17.0 Å². The van der Waals surface area contributed by atoms with E-state index in [4.69, 9.17) is 0 Å². The van der Waals surface area contributed by atoms with Gasteiger partial charge in [-0.05, 0) is 29.7 Å². The Labute approximate surface area is 158 Å². The molecule has 2 aromatic rings. The maximum absolute atomic E-state index is 11.7. The molecule has 144 valence electrons. The molecule has 0 amide bonds. The molecule has 2 rings (SSSR count). The van der Waals surface area contributed by atoms with Crippen molar-refractivity contribution in [2.24, 2.45) is 4.99 Å². The first-order valence-electron chi connectivity index (χ1n) is 8.18. The molecule has 0 fully saturated rings. The predicted molar refractivity (Wildman–Crippen MR) is 104 cm³/mol. The summed E-state index contributed by atoms with van der Waals surface area (Å²) in [6.07, 6.45) is 1.19. The first-order valence-corrected chi connectivity index (χ1v) is 10.1. The Bertz CT molecular complexity index is 971. The number of benzene rings is 2. The van der Waals surface area contributed by atoms with Crippen LogP contribution in [0.15, 0.2) is 52.4 Å². The van der Waals surface area contributed by atoms with E-state index in [1.807, 2.05) is 6.07 Å². The van der Waals surface area contributed by atoms with Crippen molar-refractivity contribution in [2.75, 3.05) is 13.3 Å². The van der Waals surface area contributed by atoms with Crippen LogP contribution < -0.4 is 10.6 Å². The van der Waals surface area contributed by atoms with Crippen molar-refractivity contribution in [3.05, 3.63) is 69.3 Å². The van der Waals surface area contributed by atoms with Crippen LogP contribution in [0.5, 0.6) is 0 Å². The van der Waals surface area contributed by atoms with Crippen LogP contribution in [-0.4, -0.2) is 32.6 Å². The molecule has 0 aromatic heterocycles. The average molecular weight is 390 g/mol. The first-order chi connectivity index (χ1) is 12.7. The lowest BCUT2D eigenvalue weighted by atomic mass is 10.1. The molecule has 0 atom stereocenters. The number of aryl methyl sites for hydroxylation is 1. The van der Waals surface area contributed by atoms with Gasteiger partial charge in [0.15, 0.2) is 15.8 Å². The van der Waals surface area contributed by atoms with Crippen molar-refractivity contribution in [3.8, 4) is 0 Å². The lowest BCUT2D eigenvalue weighted by molar-refractivity contribution is -0.384. The fraction of sp³-hybridized carbons (Fsp3) is 0.278. The van der Waals surface area contributed by atoms with Crippen LogP contribution in [0.3, 0.4) is 0 Å². The third kappa shape index (κ3) is 5.78. The van der Waals surface area contributed by atoms with E-state index in [9.17, 15) is 18.5 Å². The topological polar surface area (TPSA) is 114 Å². The predicted octanol–water partition coefficient (Wildman–Crippen LogP) is 2.17. The summed E-state index contributed by atoms with van der Waals surface area (Å²) in [5.41, 5.74) is 2.41. The van der Waals surface area contributed by atoms with Crippen molar-refractivity contribution in [3.63, 3.8) is 0 Å². The van der Waals surface area contributed by atoms with Crippen LogP contribution >= 0.6 is 0 Å². The van der Waals surface area contributed by atoms with E-state index in [-0.39, 0.29) is 5.69 Å². The minimum absolute atomic E-state index is 0.0405. The second-order valence-electron chi connectivity index (χ2n) is 6.08. The monoisotopic (exact) mass is 390 g/mol. The van der Waals surface area contributed by atoms with E-state index in [0.29, 0.717) is 29.5 Å². The van der Waals surface area contributed by atoms with Gasteiger partial charge in [-0.15, -0.1) is 0 Å². The van der Waals surface area contributed by atoms with E-state index in [1.54, 1.807) is 38.2 Å². The number of guanidine groups is 1. The average Bonchev–Trinajstić information content (AvgIpc) is 2.61. The number of nitrogens with one attached hydrogen (secondary N) is 2. The summed E-state index contributed by atoms with van der Waals surface area (Å²) in [4.78, 5) is 14.8. The molecule has 0 unspecified atom stereocenters. The van der Waals surface area contributed by atoms with Crippen LogP contribution in [0.1, 0.15) is 16.7 Å². The zero-order valence-corrected chi connectivity index (χ0v) is 16.2. The SMILES string of the molecule is CN=C(NCc1cccc([N+](=O)[O-])c1)NCc1ccc(S(C)(=O)=O)c(C)c1. The number of sulfone groups is 1. The van der Waals surface area contributed by atoms with Crippen LogP contribution in [0.25, 0.3) is 0 Å². The maximum Gasteiger partial charge on any atom is 0.269 e. The highest BCUT2D eigenvalue weighted by Crippen LogP contribution is 2.16. The minimum Gasteiger partial charge on any atom is -0.352 e. The van der Waals surface area contributed by atoms with Gasteiger partial charge >= 0.3 is 0 Å². The first kappa shape index (κ1) is 20.4. The van der Waals surface area contributed by atoms with Gasteiger partial charge in [0, 0.05) is 38.5 Å². The number of hydrogen-bond acceptors (Lipinski definition) is 5. The Morgan fingerprint density at radius 2 is 1.74 bits per heavy atom. The molecule has 0 heterocycles. The molecule has 2 aromatic carbocycles. The number of nitro benzene ring substituents is 1. The maximum atomic E-state index is 11.7. The molecule has 9 heteroatoms. The van der Waals surface area contributed by atoms with Crippen LogP contribution in [0.2, 0.25) is 0 Å². The summed E-state index contributed by atoms with van der Waals surface area (Å²) in [5, 5.41) is 17.1. The number of aliphatic imine (C=N–C) groups is 1. The van der Waals surface area contributed by atoms with E-state index in [1.165, 1.54) is 18.4 Å². The van der Waals surface area contributed by atoms with Gasteiger partial charge < -0.3 is 10.6 Å². The molecule has 27 heavy (non-hydrogen) atoms. The van der Waals surface area contributed by atoms with Crippen molar-refractivity contribution < 1.29 is 13.3 Å². The zero-order valence-electron chi connectivity index (χ0n) is 15.4. The van der Waals surface area contributed by atoms with Crippen molar-refractivity contribution in [1.29, 1.82) is 0 Å². The highest BCUT2D eigenvalue weighted by molar-refractivity contribution is 7.90. The molecule has 0 saturated carbocycles. The molecule has 0 aliphatic heterocycles. The second kappa shape index (κ2) is 8.63. The molecular weight excluding hydrogens is 368 g/mol. The van der Waals surface area contributed by atoms with Gasteiger partial charge in [0.2, 0.25) is 0 Å². The molecule has 0 aliphatic carbocycles. The molecule has 0 spiro atoms. The van der Waals surface area contributed by atoms with E-state index in [0.717, 1.165) is 11.1 Å². The van der Waals surface area contributed by atoms with E-state index < -0.39 is 14.8 Å². The molecule has 2 N–H and O–H groups in total. The van der Waals surface area contributed by atoms with Gasteiger partial charge in [0.25, 0.3) is 5.69 Å². The number of rotatable bonds is 6. The molecule has 0 saturated heterocycles. The third-order valence-electron chi connectivity index (χ3n) is 3.90. The summed E-state index contributed by atoms with van der Waals surface area (Å²) in [5.74, 6) is 0.534. The number of non-ortho nitro benzene ring substituents is 1. The van der Waals surface area contributed by atoms with Crippen molar-refractivity contribution in [1.82, 2.24) is 10.6 Å². The fourth-order valence-corrected chi connectivity index (χ4v) is 3.57. The highest BCUT2D eigenvalue weighted by atomic mass is 32.2. The molecule has 8 nitrogen and oxygen atoms in total. The van der Waals surface area contributed by atoms with Gasteiger partial charge in [-0.2, -0.15) is 0 Å². The standard InChI is InChI=1S/C18H22N4O4S/c1-13-9-15(7-8-17(13)27(3,25)26)12-21-18(19-2)20-11-14-5-4-6-16(10-14)22(23)24/h4-10H,11-12H2,1-3H3,(H2,19,20,21). The largest absolute Gasteiger partial charge is 0.352 e. The van der Waals surface area contributed by atoms with E-state index >= 15 is 0 Å². The van der Waals surface area contributed by atoms with Gasteiger partial charge in [-0.1, -0.05) is 24.3 Å². The summed E-state index contributed by atoms with van der Waals surface area (Å²) in [6.45, 7) is 2.60. The minimum atomic E-state index is -3.24. The highest BCUT2D eigenvalue weighted by Gasteiger charge is 2.11. The Hall–Kier alpha value is -2.94. The third-order valence-corrected chi connectivity index (χ3v) is 5.16. The van der Waals surface area contributed by atoms with Gasteiger partial charge in [-0.3, -0.25) is 15.1 Å². The zero-order chi connectivity index (χ0) is 20.0. The van der Waals surface area contributed by atoms with Crippen LogP contribution in [0.4, 0.5) is 5.69 Å². The fourth-order valence-electron chi connectivity index (χ4n) is 2.61. The molecule has 0 radical (unpaired) electrons. The number of nitro groups is 1. The Morgan fingerprint density at radius 1 is 1.11 bits per heavy atom. The smallest absolute Gasteiger partial charge is 0.269 e. The molecule has 0 aliphatic rings. The summed E-state index contributed by atoms with van der Waals surface area (Å²) < 4.78 is 23.4. The van der Waals surface area contributed by atoms with Gasteiger partial charge in [0.05, 0.1) is 9.82 Å². The Morgan fingerprint density at radius 3 is 2.26 bits per heavy atom. The van der Waals surface area contributed by atoms with Crippen molar-refractivity contribution in [2.45, 2.75) is 24.9 Å². The van der Waals surface area contributed by atoms with Gasteiger partial charge in [-0.25, -0.2) is 8.42 Å². The number of nitrogens with zero attached hydrogens (tertiary/aromatic N) is 2. The molecule has 0 bridgehead atoms. The van der Waals surface area contributed by atoms with Gasteiger partial charge in [0.1, 0.15) is 0 Å². The van der Waals surface area contributed by atoms with Crippen LogP contribution in [-0.2, 0) is 22.9 Å². The summed E-state index contributed by atoms with van der Waals surface area (Å²) in [7, 11) is -1.61. The van der Waals surface area contributed by atoms with E-state index in [2.05, 4.69) is 15.6 Å². The molecular formula is C18H22N4O4S. The Kier molecular flexibility index (Phi) is 6.51. The summed E-state index contributed by atoms with van der Waals surface area (Å²) >= 11 is 0. The quantitative estimate of drug-likeness (QED) is 0.338. The Balaban J connectivity index is 1.97. The second-order valence-corrected chi connectivity index (χ2v) is 8.06.